The van der Waals surface area contributed by atoms with Gasteiger partial charge in [0, 0.05) is 43.0 Å². The molecule has 1 aromatic carbocycles. The molecule has 1 N–H and O–H groups in total. The van der Waals surface area contributed by atoms with Gasteiger partial charge < -0.3 is 14.4 Å². The second kappa shape index (κ2) is 8.66. The molecule has 3 aromatic heterocycles. The van der Waals surface area contributed by atoms with Crippen molar-refractivity contribution in [3.8, 4) is 5.82 Å². The molecule has 164 valence electrons. The Labute approximate surface area is 185 Å². The largest absolute Gasteiger partial charge is 0.360 e. The maximum absolute atomic E-state index is 13.8. The number of hydrogen-bond acceptors (Lipinski definition) is 4. The van der Waals surface area contributed by atoms with Crippen molar-refractivity contribution in [3.63, 3.8) is 0 Å². The van der Waals surface area contributed by atoms with Crippen molar-refractivity contribution in [1.82, 2.24) is 24.6 Å². The number of aromatic nitrogens is 4. The minimum atomic E-state index is -0.589. The van der Waals surface area contributed by atoms with Crippen molar-refractivity contribution >= 4 is 12.0 Å². The van der Waals surface area contributed by atoms with Gasteiger partial charge in [0.05, 0.1) is 0 Å². The highest BCUT2D eigenvalue weighted by Crippen LogP contribution is 2.23. The molecule has 1 amide bonds. The molecule has 0 saturated heterocycles. The molecule has 4 rings (SSSR count). The highest BCUT2D eigenvalue weighted by atomic mass is 19.1. The molecule has 0 bridgehead atoms. The van der Waals surface area contributed by atoms with Crippen molar-refractivity contribution in [2.75, 3.05) is 0 Å². The van der Waals surface area contributed by atoms with Crippen LogP contribution in [0.15, 0.2) is 59.4 Å². The Kier molecular flexibility index (Phi) is 5.77. The van der Waals surface area contributed by atoms with E-state index >= 15 is 0 Å². The van der Waals surface area contributed by atoms with E-state index in [4.69, 9.17) is 4.52 Å². The zero-order valence-corrected chi connectivity index (χ0v) is 18.3. The van der Waals surface area contributed by atoms with Gasteiger partial charge in [-0.3, -0.25) is 9.36 Å². The maximum atomic E-state index is 13.8. The Balaban J connectivity index is 1.58. The molecule has 0 fully saturated rings. The number of rotatable bonds is 6. The van der Waals surface area contributed by atoms with E-state index in [0.29, 0.717) is 17.2 Å². The molecular weight excluding hydrogens is 409 g/mol. The fourth-order valence-electron chi connectivity index (χ4n) is 3.76. The van der Waals surface area contributed by atoms with E-state index in [9.17, 15) is 9.18 Å². The number of halogens is 1. The summed E-state index contributed by atoms with van der Waals surface area (Å²) in [6.07, 6.45) is 6.64. The average molecular weight is 433 g/mol. The van der Waals surface area contributed by atoms with E-state index < -0.39 is 6.04 Å². The first-order valence-electron chi connectivity index (χ1n) is 10.2. The Morgan fingerprint density at radius 3 is 2.69 bits per heavy atom. The SMILES string of the molecule is Cc1cc(-n2c(C)cc(/C=C/C(=O)NC(c3cccc(F)c3)c3nccn3C)c2C)no1. The average Bonchev–Trinajstić information content (AvgIpc) is 3.44. The maximum Gasteiger partial charge on any atom is 0.244 e. The normalized spacial score (nSPS) is 12.4. The number of nitrogens with zero attached hydrogens (tertiary/aromatic N) is 4. The van der Waals surface area contributed by atoms with Crippen LogP contribution in [0.5, 0.6) is 0 Å². The standard InChI is InChI=1S/C24H24FN5O2/c1-15-12-18(17(3)30(15)21-13-16(2)32-28-21)8-9-22(31)27-23(24-26-10-11-29(24)4)19-6-5-7-20(25)14-19/h5-14,23H,1-4H3,(H,27,31)/b9-8+. The molecule has 8 heteroatoms. The lowest BCUT2D eigenvalue weighted by atomic mass is 10.1. The summed E-state index contributed by atoms with van der Waals surface area (Å²) in [7, 11) is 1.83. The van der Waals surface area contributed by atoms with Gasteiger partial charge in [0.25, 0.3) is 0 Å². The third-order valence-corrected chi connectivity index (χ3v) is 5.31. The van der Waals surface area contributed by atoms with Crippen LogP contribution in [0.3, 0.4) is 0 Å². The molecular formula is C24H24FN5O2. The lowest BCUT2D eigenvalue weighted by Crippen LogP contribution is -2.29. The molecule has 0 saturated carbocycles. The minimum Gasteiger partial charge on any atom is -0.360 e. The molecule has 1 atom stereocenters. The first kappa shape index (κ1) is 21.3. The van der Waals surface area contributed by atoms with Gasteiger partial charge in [-0.25, -0.2) is 9.37 Å². The van der Waals surface area contributed by atoms with Crippen LogP contribution in [0.4, 0.5) is 4.39 Å². The van der Waals surface area contributed by atoms with Gasteiger partial charge in [0.1, 0.15) is 23.4 Å². The van der Waals surface area contributed by atoms with Gasteiger partial charge in [-0.15, -0.1) is 0 Å². The van der Waals surface area contributed by atoms with Crippen LogP contribution >= 0.6 is 0 Å². The van der Waals surface area contributed by atoms with Crippen molar-refractivity contribution in [3.05, 3.63) is 94.8 Å². The smallest absolute Gasteiger partial charge is 0.244 e. The molecule has 0 aliphatic heterocycles. The van der Waals surface area contributed by atoms with Crippen LogP contribution in [-0.4, -0.2) is 25.2 Å². The zero-order valence-electron chi connectivity index (χ0n) is 18.3. The minimum absolute atomic E-state index is 0.315. The van der Waals surface area contributed by atoms with Gasteiger partial charge >= 0.3 is 0 Å². The van der Waals surface area contributed by atoms with E-state index in [1.807, 2.05) is 44.5 Å². The van der Waals surface area contributed by atoms with Crippen LogP contribution < -0.4 is 5.32 Å². The summed E-state index contributed by atoms with van der Waals surface area (Å²) in [6, 6.07) is 9.39. The topological polar surface area (TPSA) is 77.9 Å². The number of hydrogen-bond donors (Lipinski definition) is 1. The van der Waals surface area contributed by atoms with Crippen molar-refractivity contribution in [2.45, 2.75) is 26.8 Å². The summed E-state index contributed by atoms with van der Waals surface area (Å²) in [5.41, 5.74) is 3.41. The number of benzene rings is 1. The molecule has 3 heterocycles. The van der Waals surface area contributed by atoms with Crippen molar-refractivity contribution in [1.29, 1.82) is 0 Å². The fraction of sp³-hybridized carbons (Fsp3) is 0.208. The van der Waals surface area contributed by atoms with Gasteiger partial charge in [0.15, 0.2) is 5.82 Å². The van der Waals surface area contributed by atoms with E-state index in [1.54, 1.807) is 35.2 Å². The third kappa shape index (κ3) is 4.25. The van der Waals surface area contributed by atoms with Gasteiger partial charge in [-0.2, -0.15) is 0 Å². The Morgan fingerprint density at radius 2 is 2.03 bits per heavy atom. The number of carbonyl (C=O) groups is 1. The van der Waals surface area contributed by atoms with Gasteiger partial charge in [-0.1, -0.05) is 17.3 Å². The van der Waals surface area contributed by atoms with E-state index in [1.165, 1.54) is 18.2 Å². The number of carbonyl (C=O) groups excluding carboxylic acids is 1. The lowest BCUT2D eigenvalue weighted by Gasteiger charge is -2.18. The summed E-state index contributed by atoms with van der Waals surface area (Å²) in [5, 5.41) is 7.02. The lowest BCUT2D eigenvalue weighted by molar-refractivity contribution is -0.117. The fourth-order valence-corrected chi connectivity index (χ4v) is 3.76. The van der Waals surface area contributed by atoms with Gasteiger partial charge in [-0.05, 0) is 56.2 Å². The summed E-state index contributed by atoms with van der Waals surface area (Å²) >= 11 is 0. The molecule has 0 radical (unpaired) electrons. The first-order valence-corrected chi connectivity index (χ1v) is 10.2. The van der Waals surface area contributed by atoms with Crippen LogP contribution in [0.25, 0.3) is 11.9 Å². The number of amides is 1. The monoisotopic (exact) mass is 433 g/mol. The van der Waals surface area contributed by atoms with Crippen molar-refractivity contribution in [2.24, 2.45) is 7.05 Å². The van der Waals surface area contributed by atoms with Crippen LogP contribution in [-0.2, 0) is 11.8 Å². The number of imidazole rings is 1. The third-order valence-electron chi connectivity index (χ3n) is 5.31. The molecule has 4 aromatic rings. The van der Waals surface area contributed by atoms with Crippen molar-refractivity contribution < 1.29 is 13.7 Å². The first-order chi connectivity index (χ1) is 15.3. The van der Waals surface area contributed by atoms with Crippen LogP contribution in [0, 0.1) is 26.6 Å². The highest BCUT2D eigenvalue weighted by Gasteiger charge is 2.20. The summed E-state index contributed by atoms with van der Waals surface area (Å²) < 4.78 is 22.8. The zero-order chi connectivity index (χ0) is 22.8. The van der Waals surface area contributed by atoms with Crippen LogP contribution in [0.1, 0.15) is 40.1 Å². The van der Waals surface area contributed by atoms with Crippen LogP contribution in [0.2, 0.25) is 0 Å². The summed E-state index contributed by atoms with van der Waals surface area (Å²) in [6.45, 7) is 5.76. The molecule has 0 aliphatic rings. The second-order valence-corrected chi connectivity index (χ2v) is 7.68. The molecule has 0 aliphatic carbocycles. The number of nitrogens with one attached hydrogen (secondary N) is 1. The van der Waals surface area contributed by atoms with Gasteiger partial charge in [0.2, 0.25) is 5.91 Å². The summed E-state index contributed by atoms with van der Waals surface area (Å²) in [5.74, 6) is 1.34. The predicted molar refractivity (Wildman–Crippen MR) is 119 cm³/mol. The Morgan fingerprint density at radius 1 is 1.22 bits per heavy atom. The number of aryl methyl sites for hydroxylation is 3. The Hall–Kier alpha value is -3.94. The molecule has 0 spiro atoms. The summed E-state index contributed by atoms with van der Waals surface area (Å²) in [4.78, 5) is 17.1. The highest BCUT2D eigenvalue weighted by molar-refractivity contribution is 5.92. The van der Waals surface area contributed by atoms with E-state index in [2.05, 4.69) is 15.5 Å². The van der Waals surface area contributed by atoms with E-state index in [0.717, 1.165) is 22.7 Å². The molecule has 32 heavy (non-hydrogen) atoms. The quantitative estimate of drug-likeness (QED) is 0.463. The van der Waals surface area contributed by atoms with E-state index in [-0.39, 0.29) is 11.7 Å². The molecule has 7 nitrogen and oxygen atoms in total. The Bertz CT molecular complexity index is 1300. The predicted octanol–water partition coefficient (Wildman–Crippen LogP) is 4.18. The molecule has 1 unspecified atom stereocenters. The second-order valence-electron chi connectivity index (χ2n) is 7.68.